The molecule has 1 rings (SSSR count). The van der Waals surface area contributed by atoms with Crippen LogP contribution in [0.25, 0.3) is 0 Å². The third-order valence-electron chi connectivity index (χ3n) is 2.73. The van der Waals surface area contributed by atoms with E-state index in [0.29, 0.717) is 23.7 Å². The fourth-order valence-electron chi connectivity index (χ4n) is 1.60. The molecule has 4 nitrogen and oxygen atoms in total. The summed E-state index contributed by atoms with van der Waals surface area (Å²) in [5.74, 6) is 0.474. The second-order valence-electron chi connectivity index (χ2n) is 4.10. The van der Waals surface area contributed by atoms with Crippen molar-refractivity contribution in [2.24, 2.45) is 0 Å². The largest absolute Gasteiger partial charge is 0.343 e. The molecule has 0 saturated heterocycles. The van der Waals surface area contributed by atoms with E-state index in [1.54, 1.807) is 29.2 Å². The summed E-state index contributed by atoms with van der Waals surface area (Å²) in [6.45, 7) is 5.33. The molecule has 0 aliphatic carbocycles. The van der Waals surface area contributed by atoms with Crippen molar-refractivity contribution >= 4 is 27.5 Å². The van der Waals surface area contributed by atoms with Crippen molar-refractivity contribution < 1.29 is 13.2 Å². The van der Waals surface area contributed by atoms with Crippen LogP contribution in [0, 0.1) is 0 Å². The summed E-state index contributed by atoms with van der Waals surface area (Å²) in [5, 5.41) is 0. The highest BCUT2D eigenvalue weighted by Gasteiger charge is 2.10. The molecular formula is C13H19NO3S2. The molecule has 1 amide bonds. The highest BCUT2D eigenvalue weighted by atomic mass is 32.2. The van der Waals surface area contributed by atoms with E-state index in [1.807, 2.05) is 13.8 Å². The van der Waals surface area contributed by atoms with Gasteiger partial charge in [0.1, 0.15) is 0 Å². The van der Waals surface area contributed by atoms with Crippen molar-refractivity contribution in [3.05, 3.63) is 24.3 Å². The normalized spacial score (nSPS) is 11.3. The summed E-state index contributed by atoms with van der Waals surface area (Å²) in [7, 11) is -3.16. The molecule has 0 spiro atoms. The van der Waals surface area contributed by atoms with E-state index in [4.69, 9.17) is 0 Å². The molecule has 19 heavy (non-hydrogen) atoms. The minimum absolute atomic E-state index is 0.0992. The minimum atomic E-state index is -3.16. The van der Waals surface area contributed by atoms with Crippen LogP contribution in [0.4, 0.5) is 0 Å². The Bertz CT molecular complexity index is 519. The summed E-state index contributed by atoms with van der Waals surface area (Å²) >= 11 is 1.42. The first kappa shape index (κ1) is 16.0. The Morgan fingerprint density at radius 2 is 1.68 bits per heavy atom. The summed E-state index contributed by atoms with van der Waals surface area (Å²) in [6.07, 6.45) is 1.18. The second kappa shape index (κ2) is 6.96. The van der Waals surface area contributed by atoms with Crippen molar-refractivity contribution in [3.63, 3.8) is 0 Å². The fraction of sp³-hybridized carbons (Fsp3) is 0.462. The molecule has 0 unspecified atom stereocenters. The average molecular weight is 301 g/mol. The summed E-state index contributed by atoms with van der Waals surface area (Å²) in [6, 6.07) is 6.60. The lowest BCUT2D eigenvalue weighted by molar-refractivity contribution is -0.127. The molecule has 0 N–H and O–H groups in total. The molecule has 0 bridgehead atoms. The van der Waals surface area contributed by atoms with E-state index < -0.39 is 9.84 Å². The van der Waals surface area contributed by atoms with Crippen LogP contribution in [0.15, 0.2) is 34.1 Å². The molecule has 0 aromatic heterocycles. The van der Waals surface area contributed by atoms with Gasteiger partial charge in [-0.15, -0.1) is 11.8 Å². The van der Waals surface area contributed by atoms with Gasteiger partial charge in [0.05, 0.1) is 10.6 Å². The van der Waals surface area contributed by atoms with E-state index >= 15 is 0 Å². The third kappa shape index (κ3) is 4.87. The number of amides is 1. The molecular weight excluding hydrogens is 282 g/mol. The number of nitrogens with zero attached hydrogens (tertiary/aromatic N) is 1. The monoisotopic (exact) mass is 301 g/mol. The Morgan fingerprint density at radius 3 is 2.11 bits per heavy atom. The van der Waals surface area contributed by atoms with Crippen LogP contribution in [0.1, 0.15) is 13.8 Å². The van der Waals surface area contributed by atoms with Gasteiger partial charge < -0.3 is 4.90 Å². The standard InChI is InChI=1S/C13H19NO3S2/c1-4-14(5-2)13(15)10-18-11-6-8-12(9-7-11)19(3,16)17/h6-9H,4-5,10H2,1-3H3. The smallest absolute Gasteiger partial charge is 0.232 e. The topological polar surface area (TPSA) is 54.5 Å². The van der Waals surface area contributed by atoms with Gasteiger partial charge in [-0.3, -0.25) is 4.79 Å². The number of rotatable bonds is 6. The van der Waals surface area contributed by atoms with E-state index in [-0.39, 0.29) is 5.91 Å². The number of hydrogen-bond acceptors (Lipinski definition) is 4. The third-order valence-corrected chi connectivity index (χ3v) is 4.86. The first-order valence-electron chi connectivity index (χ1n) is 6.09. The molecule has 0 aliphatic heterocycles. The van der Waals surface area contributed by atoms with Crippen LogP contribution < -0.4 is 0 Å². The minimum Gasteiger partial charge on any atom is -0.343 e. The first-order valence-corrected chi connectivity index (χ1v) is 8.96. The molecule has 0 heterocycles. The molecule has 1 aromatic carbocycles. The molecule has 0 fully saturated rings. The molecule has 0 atom stereocenters. The Balaban J connectivity index is 2.62. The van der Waals surface area contributed by atoms with Crippen molar-refractivity contribution in [3.8, 4) is 0 Å². The van der Waals surface area contributed by atoms with Crippen LogP contribution in [-0.2, 0) is 14.6 Å². The molecule has 106 valence electrons. The highest BCUT2D eigenvalue weighted by Crippen LogP contribution is 2.20. The summed E-state index contributed by atoms with van der Waals surface area (Å²) < 4.78 is 22.6. The number of thioether (sulfide) groups is 1. The van der Waals surface area contributed by atoms with Crippen LogP contribution in [-0.4, -0.2) is 44.3 Å². The van der Waals surface area contributed by atoms with Crippen LogP contribution in [0.2, 0.25) is 0 Å². The highest BCUT2D eigenvalue weighted by molar-refractivity contribution is 8.00. The number of hydrogen-bond donors (Lipinski definition) is 0. The maximum Gasteiger partial charge on any atom is 0.232 e. The fourth-order valence-corrected chi connectivity index (χ4v) is 3.03. The van der Waals surface area contributed by atoms with Gasteiger partial charge in [0.2, 0.25) is 5.91 Å². The van der Waals surface area contributed by atoms with Gasteiger partial charge in [0, 0.05) is 24.2 Å². The van der Waals surface area contributed by atoms with Crippen LogP contribution in [0.5, 0.6) is 0 Å². The predicted octanol–water partition coefficient (Wildman–Crippen LogP) is 2.05. The Kier molecular flexibility index (Phi) is 5.87. The van der Waals surface area contributed by atoms with E-state index in [1.165, 1.54) is 18.0 Å². The SMILES string of the molecule is CCN(CC)C(=O)CSc1ccc(S(C)(=O)=O)cc1. The molecule has 0 aliphatic rings. The van der Waals surface area contributed by atoms with Gasteiger partial charge >= 0.3 is 0 Å². The maximum atomic E-state index is 11.8. The van der Waals surface area contributed by atoms with Gasteiger partial charge in [-0.05, 0) is 38.1 Å². The lowest BCUT2D eigenvalue weighted by atomic mass is 10.4. The molecule has 1 aromatic rings. The van der Waals surface area contributed by atoms with Gasteiger partial charge in [-0.1, -0.05) is 0 Å². The van der Waals surface area contributed by atoms with Crippen molar-refractivity contribution in [2.45, 2.75) is 23.6 Å². The predicted molar refractivity (Wildman–Crippen MR) is 78.2 cm³/mol. The van der Waals surface area contributed by atoms with Gasteiger partial charge in [-0.25, -0.2) is 8.42 Å². The second-order valence-corrected chi connectivity index (χ2v) is 7.16. The van der Waals surface area contributed by atoms with E-state index in [2.05, 4.69) is 0 Å². The molecule has 0 saturated carbocycles. The Hall–Kier alpha value is -1.01. The van der Waals surface area contributed by atoms with Gasteiger partial charge in [0.15, 0.2) is 9.84 Å². The van der Waals surface area contributed by atoms with Crippen molar-refractivity contribution in [1.82, 2.24) is 4.90 Å². The van der Waals surface area contributed by atoms with Crippen molar-refractivity contribution in [2.75, 3.05) is 25.1 Å². The number of benzene rings is 1. The Labute approximate surface area is 119 Å². The quantitative estimate of drug-likeness (QED) is 0.755. The number of carbonyl (C=O) groups is 1. The van der Waals surface area contributed by atoms with E-state index in [0.717, 1.165) is 4.90 Å². The van der Waals surface area contributed by atoms with Gasteiger partial charge in [0.25, 0.3) is 0 Å². The zero-order valence-electron chi connectivity index (χ0n) is 11.4. The van der Waals surface area contributed by atoms with Crippen LogP contribution >= 0.6 is 11.8 Å². The zero-order valence-corrected chi connectivity index (χ0v) is 13.1. The molecule has 0 radical (unpaired) electrons. The number of sulfone groups is 1. The van der Waals surface area contributed by atoms with E-state index in [9.17, 15) is 13.2 Å². The Morgan fingerprint density at radius 1 is 1.16 bits per heavy atom. The lowest BCUT2D eigenvalue weighted by Gasteiger charge is -2.18. The number of carbonyl (C=O) groups excluding carboxylic acids is 1. The molecule has 6 heteroatoms. The lowest BCUT2D eigenvalue weighted by Crippen LogP contribution is -2.31. The summed E-state index contributed by atoms with van der Waals surface area (Å²) in [4.78, 5) is 14.8. The van der Waals surface area contributed by atoms with Gasteiger partial charge in [-0.2, -0.15) is 0 Å². The zero-order chi connectivity index (χ0) is 14.5. The maximum absolute atomic E-state index is 11.8. The van der Waals surface area contributed by atoms with Crippen LogP contribution in [0.3, 0.4) is 0 Å². The average Bonchev–Trinajstić information content (AvgIpc) is 2.37. The first-order chi connectivity index (χ1) is 8.88. The van der Waals surface area contributed by atoms with Crippen molar-refractivity contribution in [1.29, 1.82) is 0 Å². The summed E-state index contributed by atoms with van der Waals surface area (Å²) in [5.41, 5.74) is 0.